The van der Waals surface area contributed by atoms with Gasteiger partial charge in [-0.3, -0.25) is 4.79 Å². The summed E-state index contributed by atoms with van der Waals surface area (Å²) < 4.78 is 20.7. The number of carbonyl (C=O) groups is 2. The predicted molar refractivity (Wildman–Crippen MR) is 92.3 cm³/mol. The molecule has 8 heteroatoms. The second-order valence-corrected chi connectivity index (χ2v) is 6.11. The Labute approximate surface area is 152 Å². The number of aliphatic hydroxyl groups is 1. The van der Waals surface area contributed by atoms with Crippen molar-refractivity contribution in [3.63, 3.8) is 0 Å². The molecule has 1 aliphatic carbocycles. The molecule has 8 nitrogen and oxygen atoms in total. The maximum absolute atomic E-state index is 12.0. The number of hydrogen-bond donors (Lipinski definition) is 2. The van der Waals surface area contributed by atoms with Crippen molar-refractivity contribution in [3.05, 3.63) is 17.7 Å². The molecule has 2 rings (SSSR count). The molecule has 1 aromatic rings. The summed E-state index contributed by atoms with van der Waals surface area (Å²) in [6.07, 6.45) is 2.29. The zero-order valence-electron chi connectivity index (χ0n) is 15.3. The highest BCUT2D eigenvalue weighted by Gasteiger charge is 2.40. The summed E-state index contributed by atoms with van der Waals surface area (Å²) in [5, 5.41) is 12.8. The highest BCUT2D eigenvalue weighted by Crippen LogP contribution is 2.34. The molecule has 1 amide bonds. The summed E-state index contributed by atoms with van der Waals surface area (Å²) in [5.74, 6) is 0.330. The standard InChI is InChI=1S/C18H25NO7/c1-23-13-9-15(25-3)14(24-2)8-12(13)10-19-16(20)11-26-17(21)18(22)6-4-5-7-18/h8-9,22H,4-7,10-11H2,1-3H3,(H,19,20). The van der Waals surface area contributed by atoms with Crippen LogP contribution in [-0.4, -0.2) is 50.5 Å². The number of esters is 1. The maximum Gasteiger partial charge on any atom is 0.338 e. The molecule has 26 heavy (non-hydrogen) atoms. The van der Waals surface area contributed by atoms with E-state index in [0.29, 0.717) is 35.7 Å². The molecular formula is C18H25NO7. The summed E-state index contributed by atoms with van der Waals surface area (Å²) in [7, 11) is 4.54. The van der Waals surface area contributed by atoms with E-state index < -0.39 is 24.1 Å². The molecule has 0 bridgehead atoms. The van der Waals surface area contributed by atoms with Crippen LogP contribution in [0.15, 0.2) is 12.1 Å². The van der Waals surface area contributed by atoms with Crippen molar-refractivity contribution < 1.29 is 33.6 Å². The van der Waals surface area contributed by atoms with Gasteiger partial charge in [0.1, 0.15) is 5.75 Å². The van der Waals surface area contributed by atoms with Crippen LogP contribution < -0.4 is 19.5 Å². The molecule has 0 atom stereocenters. The predicted octanol–water partition coefficient (Wildman–Crippen LogP) is 1.18. The van der Waals surface area contributed by atoms with Crippen LogP contribution in [0.2, 0.25) is 0 Å². The quantitative estimate of drug-likeness (QED) is 0.665. The first-order valence-electron chi connectivity index (χ1n) is 8.38. The molecule has 0 aromatic heterocycles. The summed E-state index contributed by atoms with van der Waals surface area (Å²) >= 11 is 0. The monoisotopic (exact) mass is 367 g/mol. The second kappa shape index (κ2) is 8.75. The molecule has 2 N–H and O–H groups in total. The first-order valence-corrected chi connectivity index (χ1v) is 8.38. The van der Waals surface area contributed by atoms with Gasteiger partial charge in [0.05, 0.1) is 21.3 Å². The van der Waals surface area contributed by atoms with E-state index >= 15 is 0 Å². The number of hydrogen-bond acceptors (Lipinski definition) is 7. The Hall–Kier alpha value is -2.48. The van der Waals surface area contributed by atoms with Gasteiger partial charge >= 0.3 is 5.97 Å². The van der Waals surface area contributed by atoms with E-state index in [1.54, 1.807) is 12.1 Å². The van der Waals surface area contributed by atoms with Crippen LogP contribution in [0, 0.1) is 0 Å². The number of rotatable bonds is 8. The van der Waals surface area contributed by atoms with E-state index in [0.717, 1.165) is 12.8 Å². The Morgan fingerprint density at radius 2 is 1.62 bits per heavy atom. The van der Waals surface area contributed by atoms with Gasteiger partial charge in [0, 0.05) is 18.2 Å². The lowest BCUT2D eigenvalue weighted by molar-refractivity contribution is -0.167. The summed E-state index contributed by atoms with van der Waals surface area (Å²) in [6.45, 7) is -0.291. The first-order chi connectivity index (χ1) is 12.4. The van der Waals surface area contributed by atoms with Crippen LogP contribution in [0.1, 0.15) is 31.2 Å². The zero-order chi connectivity index (χ0) is 19.2. The van der Waals surface area contributed by atoms with E-state index in [1.165, 1.54) is 21.3 Å². The van der Waals surface area contributed by atoms with Gasteiger partial charge in [-0.2, -0.15) is 0 Å². The number of amides is 1. The minimum atomic E-state index is -1.45. The molecule has 144 valence electrons. The lowest BCUT2D eigenvalue weighted by atomic mass is 10.0. The summed E-state index contributed by atoms with van der Waals surface area (Å²) in [4.78, 5) is 23.8. The van der Waals surface area contributed by atoms with Gasteiger partial charge in [0.2, 0.25) is 0 Å². The maximum atomic E-state index is 12.0. The van der Waals surface area contributed by atoms with Crippen molar-refractivity contribution in [3.8, 4) is 17.2 Å². The van der Waals surface area contributed by atoms with Gasteiger partial charge in [-0.05, 0) is 31.7 Å². The van der Waals surface area contributed by atoms with E-state index in [4.69, 9.17) is 18.9 Å². The van der Waals surface area contributed by atoms with Crippen LogP contribution in [0.25, 0.3) is 0 Å². The molecule has 0 unspecified atom stereocenters. The van der Waals surface area contributed by atoms with E-state index in [1.807, 2.05) is 0 Å². The Balaban J connectivity index is 1.91. The van der Waals surface area contributed by atoms with Gasteiger partial charge in [-0.15, -0.1) is 0 Å². The average Bonchev–Trinajstić information content (AvgIpc) is 3.11. The molecular weight excluding hydrogens is 342 g/mol. The molecule has 0 saturated heterocycles. The molecule has 1 saturated carbocycles. The fourth-order valence-corrected chi connectivity index (χ4v) is 2.90. The number of nitrogens with one attached hydrogen (secondary N) is 1. The van der Waals surface area contributed by atoms with Crippen molar-refractivity contribution >= 4 is 11.9 Å². The molecule has 0 heterocycles. The lowest BCUT2D eigenvalue weighted by Gasteiger charge is -2.19. The number of ether oxygens (including phenoxy) is 4. The van der Waals surface area contributed by atoms with Crippen LogP contribution in [0.5, 0.6) is 17.2 Å². The normalized spacial score (nSPS) is 15.2. The highest BCUT2D eigenvalue weighted by atomic mass is 16.6. The minimum absolute atomic E-state index is 0.157. The topological polar surface area (TPSA) is 103 Å². The van der Waals surface area contributed by atoms with Crippen molar-refractivity contribution in [1.82, 2.24) is 5.32 Å². The van der Waals surface area contributed by atoms with Crippen molar-refractivity contribution in [2.24, 2.45) is 0 Å². The van der Waals surface area contributed by atoms with Crippen LogP contribution in [0.3, 0.4) is 0 Å². The summed E-state index contributed by atoms with van der Waals surface area (Å²) in [5.41, 5.74) is -0.772. The van der Waals surface area contributed by atoms with E-state index in [-0.39, 0.29) is 6.54 Å². The van der Waals surface area contributed by atoms with Crippen LogP contribution in [0.4, 0.5) is 0 Å². The first kappa shape index (κ1) is 19.8. The third kappa shape index (κ3) is 4.57. The summed E-state index contributed by atoms with van der Waals surface area (Å²) in [6, 6.07) is 3.36. The molecule has 0 aliphatic heterocycles. The Morgan fingerprint density at radius 1 is 1.04 bits per heavy atom. The van der Waals surface area contributed by atoms with Crippen molar-refractivity contribution in [2.75, 3.05) is 27.9 Å². The van der Waals surface area contributed by atoms with Crippen molar-refractivity contribution in [2.45, 2.75) is 37.8 Å². The third-order valence-corrected chi connectivity index (χ3v) is 4.41. The fourth-order valence-electron chi connectivity index (χ4n) is 2.90. The van der Waals surface area contributed by atoms with Gasteiger partial charge in [-0.25, -0.2) is 4.79 Å². The molecule has 0 spiro atoms. The minimum Gasteiger partial charge on any atom is -0.496 e. The van der Waals surface area contributed by atoms with Crippen molar-refractivity contribution in [1.29, 1.82) is 0 Å². The lowest BCUT2D eigenvalue weighted by Crippen LogP contribution is -2.39. The largest absolute Gasteiger partial charge is 0.496 e. The van der Waals surface area contributed by atoms with Gasteiger partial charge < -0.3 is 29.4 Å². The van der Waals surface area contributed by atoms with Gasteiger partial charge in [0.15, 0.2) is 23.7 Å². The molecule has 1 fully saturated rings. The SMILES string of the molecule is COc1cc(OC)c(OC)cc1CNC(=O)COC(=O)C1(O)CCCC1. The molecule has 1 aromatic carbocycles. The fraction of sp³-hybridized carbons (Fsp3) is 0.556. The number of methoxy groups -OCH3 is 3. The average molecular weight is 367 g/mol. The smallest absolute Gasteiger partial charge is 0.338 e. The second-order valence-electron chi connectivity index (χ2n) is 6.11. The Kier molecular flexibility index (Phi) is 6.68. The van der Waals surface area contributed by atoms with Crippen LogP contribution >= 0.6 is 0 Å². The van der Waals surface area contributed by atoms with Crippen LogP contribution in [-0.2, 0) is 20.9 Å². The number of carbonyl (C=O) groups excluding carboxylic acids is 2. The van der Waals surface area contributed by atoms with Gasteiger partial charge in [-0.1, -0.05) is 0 Å². The zero-order valence-corrected chi connectivity index (χ0v) is 15.3. The molecule has 0 radical (unpaired) electrons. The third-order valence-electron chi connectivity index (χ3n) is 4.41. The molecule has 1 aliphatic rings. The van der Waals surface area contributed by atoms with E-state index in [9.17, 15) is 14.7 Å². The Morgan fingerprint density at radius 3 is 2.19 bits per heavy atom. The number of benzene rings is 1. The van der Waals surface area contributed by atoms with Gasteiger partial charge in [0.25, 0.3) is 5.91 Å². The van der Waals surface area contributed by atoms with E-state index in [2.05, 4.69) is 5.32 Å². The highest BCUT2D eigenvalue weighted by molar-refractivity contribution is 5.84. The Bertz CT molecular complexity index is 653.